The number of ether oxygens (including phenoxy) is 1. The molecular weight excluding hydrogens is 330 g/mol. The zero-order chi connectivity index (χ0) is 17.8. The molecule has 2 aromatic carbocycles. The molecule has 1 aromatic heterocycles. The number of hydrogen-bond acceptors (Lipinski definition) is 5. The van der Waals surface area contributed by atoms with Gasteiger partial charge in [0.2, 0.25) is 5.91 Å². The van der Waals surface area contributed by atoms with Gasteiger partial charge in [-0.15, -0.1) is 5.10 Å². The Balaban J connectivity index is 1.62. The normalized spacial score (nSPS) is 14.2. The van der Waals surface area contributed by atoms with E-state index in [1.165, 1.54) is 16.6 Å². The summed E-state index contributed by atoms with van der Waals surface area (Å²) in [4.78, 5) is 12.5. The Hall–Kier alpha value is -3.22. The number of aryl methyl sites for hydroxylation is 1. The fourth-order valence-electron chi connectivity index (χ4n) is 3.17. The maximum Gasteiger partial charge on any atom is 0.242 e. The van der Waals surface area contributed by atoms with Gasteiger partial charge in [0.05, 0.1) is 12.6 Å². The molecule has 1 aliphatic heterocycles. The lowest BCUT2D eigenvalue weighted by molar-refractivity contribution is -0.122. The Morgan fingerprint density at radius 1 is 1.19 bits per heavy atom. The summed E-state index contributed by atoms with van der Waals surface area (Å²) in [6.45, 7) is 0.835. The van der Waals surface area contributed by atoms with Crippen molar-refractivity contribution in [3.8, 4) is 5.75 Å². The van der Waals surface area contributed by atoms with E-state index in [4.69, 9.17) is 4.74 Å². The molecule has 1 aliphatic rings. The predicted octanol–water partition coefficient (Wildman–Crippen LogP) is 1.90. The van der Waals surface area contributed by atoms with Crippen LogP contribution in [0.25, 0.3) is 0 Å². The maximum atomic E-state index is 12.5. The zero-order valence-corrected chi connectivity index (χ0v) is 14.2. The van der Waals surface area contributed by atoms with Gasteiger partial charge in [0, 0.05) is 0 Å². The molecule has 132 valence electrons. The molecule has 0 aliphatic carbocycles. The summed E-state index contributed by atoms with van der Waals surface area (Å²) in [5.41, 5.74) is 3.24. The smallest absolute Gasteiger partial charge is 0.242 e. The molecule has 0 radical (unpaired) electrons. The predicted molar refractivity (Wildman–Crippen MR) is 94.5 cm³/mol. The third kappa shape index (κ3) is 3.56. The molecule has 2 heterocycles. The first kappa shape index (κ1) is 16.3. The molecule has 1 unspecified atom stereocenters. The minimum absolute atomic E-state index is 0.0738. The Labute approximate surface area is 151 Å². The molecule has 4 rings (SSSR count). The van der Waals surface area contributed by atoms with Crippen LogP contribution in [0.5, 0.6) is 5.75 Å². The molecule has 0 saturated carbocycles. The Kier molecular flexibility index (Phi) is 4.59. The standard InChI is InChI=1S/C19H19N5O2/c25-18(12-24-13-20-22-23-24)21-19(14-5-2-1-3-6-14)16-8-9-17-15(11-16)7-4-10-26-17/h1-3,5-6,8-9,11,13,19H,4,7,10,12H2,(H,21,25). The van der Waals surface area contributed by atoms with Crippen LogP contribution >= 0.6 is 0 Å². The summed E-state index contributed by atoms with van der Waals surface area (Å²) in [5.74, 6) is 0.784. The summed E-state index contributed by atoms with van der Waals surface area (Å²) in [7, 11) is 0. The number of benzene rings is 2. The van der Waals surface area contributed by atoms with Crippen LogP contribution in [0, 0.1) is 0 Å². The fraction of sp³-hybridized carbons (Fsp3) is 0.263. The first-order chi connectivity index (χ1) is 12.8. The number of rotatable bonds is 5. The van der Waals surface area contributed by atoms with Gasteiger partial charge in [-0.3, -0.25) is 4.79 Å². The molecule has 1 N–H and O–H groups in total. The zero-order valence-electron chi connectivity index (χ0n) is 14.2. The van der Waals surface area contributed by atoms with E-state index in [1.54, 1.807) is 0 Å². The second-order valence-electron chi connectivity index (χ2n) is 6.24. The average molecular weight is 349 g/mol. The summed E-state index contributed by atoms with van der Waals surface area (Å²) >= 11 is 0. The molecule has 1 atom stereocenters. The number of carbonyl (C=O) groups is 1. The van der Waals surface area contributed by atoms with E-state index in [9.17, 15) is 4.79 Å². The first-order valence-electron chi connectivity index (χ1n) is 8.60. The Bertz CT molecular complexity index is 880. The monoisotopic (exact) mass is 349 g/mol. The fourth-order valence-corrected chi connectivity index (χ4v) is 3.17. The van der Waals surface area contributed by atoms with Gasteiger partial charge in [-0.1, -0.05) is 36.4 Å². The minimum Gasteiger partial charge on any atom is -0.493 e. The highest BCUT2D eigenvalue weighted by atomic mass is 16.5. The molecule has 7 heteroatoms. The Morgan fingerprint density at radius 2 is 2.08 bits per heavy atom. The Morgan fingerprint density at radius 3 is 2.88 bits per heavy atom. The number of carbonyl (C=O) groups excluding carboxylic acids is 1. The van der Waals surface area contributed by atoms with E-state index in [0.29, 0.717) is 0 Å². The molecule has 3 aromatic rings. The third-order valence-electron chi connectivity index (χ3n) is 4.40. The van der Waals surface area contributed by atoms with Crippen molar-refractivity contribution in [1.82, 2.24) is 25.5 Å². The van der Waals surface area contributed by atoms with Crippen LogP contribution in [-0.2, 0) is 17.8 Å². The summed E-state index contributed by atoms with van der Waals surface area (Å²) < 4.78 is 7.10. The topological polar surface area (TPSA) is 81.9 Å². The van der Waals surface area contributed by atoms with Gasteiger partial charge in [-0.05, 0) is 52.1 Å². The highest BCUT2D eigenvalue weighted by Gasteiger charge is 2.20. The summed E-state index contributed by atoms with van der Waals surface area (Å²) in [6, 6.07) is 15.8. The maximum absolute atomic E-state index is 12.5. The number of hydrogen-bond donors (Lipinski definition) is 1. The quantitative estimate of drug-likeness (QED) is 0.761. The van der Waals surface area contributed by atoms with Gasteiger partial charge in [0.1, 0.15) is 18.6 Å². The van der Waals surface area contributed by atoms with Crippen LogP contribution in [0.4, 0.5) is 0 Å². The molecule has 0 spiro atoms. The van der Waals surface area contributed by atoms with E-state index in [1.807, 2.05) is 42.5 Å². The van der Waals surface area contributed by atoms with E-state index < -0.39 is 0 Å². The lowest BCUT2D eigenvalue weighted by Crippen LogP contribution is -2.32. The molecule has 7 nitrogen and oxygen atoms in total. The third-order valence-corrected chi connectivity index (χ3v) is 4.40. The van der Waals surface area contributed by atoms with Crippen molar-refractivity contribution >= 4 is 5.91 Å². The van der Waals surface area contributed by atoms with Gasteiger partial charge in [0.15, 0.2) is 0 Å². The lowest BCUT2D eigenvalue weighted by atomic mass is 9.95. The van der Waals surface area contributed by atoms with Gasteiger partial charge < -0.3 is 10.1 Å². The van der Waals surface area contributed by atoms with Crippen LogP contribution in [-0.4, -0.2) is 32.7 Å². The average Bonchev–Trinajstić information content (AvgIpc) is 3.19. The van der Waals surface area contributed by atoms with Crippen LogP contribution in [0.15, 0.2) is 54.9 Å². The van der Waals surface area contributed by atoms with Crippen molar-refractivity contribution < 1.29 is 9.53 Å². The van der Waals surface area contributed by atoms with Crippen LogP contribution < -0.4 is 10.1 Å². The van der Waals surface area contributed by atoms with Crippen LogP contribution in [0.3, 0.4) is 0 Å². The molecule has 0 saturated heterocycles. The number of tetrazole rings is 1. The molecule has 1 amide bonds. The van der Waals surface area contributed by atoms with Crippen LogP contribution in [0.2, 0.25) is 0 Å². The van der Waals surface area contributed by atoms with Gasteiger partial charge in [-0.2, -0.15) is 0 Å². The number of nitrogens with zero attached hydrogens (tertiary/aromatic N) is 4. The first-order valence-corrected chi connectivity index (χ1v) is 8.60. The van der Waals surface area contributed by atoms with Crippen molar-refractivity contribution in [2.75, 3.05) is 6.61 Å². The van der Waals surface area contributed by atoms with Crippen molar-refractivity contribution in [2.45, 2.75) is 25.4 Å². The van der Waals surface area contributed by atoms with E-state index in [0.717, 1.165) is 36.3 Å². The molecule has 0 fully saturated rings. The van der Waals surface area contributed by atoms with Gasteiger partial charge in [0.25, 0.3) is 0 Å². The highest BCUT2D eigenvalue weighted by Crippen LogP contribution is 2.30. The van der Waals surface area contributed by atoms with E-state index in [-0.39, 0.29) is 18.5 Å². The van der Waals surface area contributed by atoms with Crippen molar-refractivity contribution in [1.29, 1.82) is 0 Å². The van der Waals surface area contributed by atoms with Crippen molar-refractivity contribution in [3.63, 3.8) is 0 Å². The van der Waals surface area contributed by atoms with Gasteiger partial charge >= 0.3 is 0 Å². The number of fused-ring (bicyclic) bond motifs is 1. The van der Waals surface area contributed by atoms with Crippen molar-refractivity contribution in [3.05, 3.63) is 71.5 Å². The largest absolute Gasteiger partial charge is 0.493 e. The van der Waals surface area contributed by atoms with E-state index >= 15 is 0 Å². The molecule has 26 heavy (non-hydrogen) atoms. The lowest BCUT2D eigenvalue weighted by Gasteiger charge is -2.23. The number of nitrogens with one attached hydrogen (secondary N) is 1. The minimum atomic E-state index is -0.243. The van der Waals surface area contributed by atoms with Crippen molar-refractivity contribution in [2.24, 2.45) is 0 Å². The second-order valence-corrected chi connectivity index (χ2v) is 6.24. The summed E-state index contributed by atoms with van der Waals surface area (Å²) in [5, 5.41) is 14.0. The molecular formula is C19H19N5O2. The van der Waals surface area contributed by atoms with Crippen LogP contribution in [0.1, 0.15) is 29.2 Å². The second kappa shape index (κ2) is 7.35. The van der Waals surface area contributed by atoms with E-state index in [2.05, 4.69) is 26.9 Å². The summed E-state index contributed by atoms with van der Waals surface area (Å²) in [6.07, 6.45) is 3.43. The SMILES string of the molecule is O=C(Cn1cnnn1)NC(c1ccccc1)c1ccc2c(c1)CCCO2. The molecule has 0 bridgehead atoms. The highest BCUT2D eigenvalue weighted by molar-refractivity contribution is 5.76. The number of amides is 1. The number of aromatic nitrogens is 4. The van der Waals surface area contributed by atoms with Gasteiger partial charge in [-0.25, -0.2) is 4.68 Å².